The van der Waals surface area contributed by atoms with Crippen LogP contribution in [0.25, 0.3) is 11.0 Å². The Hall–Kier alpha value is -2.44. The molecule has 0 aliphatic rings. The minimum Gasteiger partial charge on any atom is -0.342 e. The van der Waals surface area contributed by atoms with Gasteiger partial charge >= 0.3 is 0 Å². The van der Waals surface area contributed by atoms with Crippen molar-refractivity contribution in [2.45, 2.75) is 6.42 Å². The largest absolute Gasteiger partial charge is 0.342 e. The Bertz CT molecular complexity index is 1120. The number of imidazole rings is 1. The second-order valence-electron chi connectivity index (χ2n) is 6.14. The Morgan fingerprint density at radius 1 is 1.00 bits per heavy atom. The van der Waals surface area contributed by atoms with Gasteiger partial charge in [-0.2, -0.15) is 0 Å². The quantitative estimate of drug-likeness (QED) is 0.377. The van der Waals surface area contributed by atoms with Crippen molar-refractivity contribution in [1.82, 2.24) is 9.97 Å². The number of benzene rings is 3. The van der Waals surface area contributed by atoms with E-state index in [2.05, 4.69) is 53.2 Å². The number of anilines is 1. The molecule has 4 aromatic rings. The van der Waals surface area contributed by atoms with Gasteiger partial charge in [0, 0.05) is 26.6 Å². The third-order valence-corrected chi connectivity index (χ3v) is 5.51. The number of carbonyl (C=O) groups is 1. The number of amides is 1. The van der Waals surface area contributed by atoms with Crippen LogP contribution in [0.3, 0.4) is 0 Å². The molecule has 0 bridgehead atoms. The lowest BCUT2D eigenvalue weighted by Gasteiger charge is -2.05. The van der Waals surface area contributed by atoms with E-state index < -0.39 is 0 Å². The molecule has 0 unspecified atom stereocenters. The van der Waals surface area contributed by atoms with Crippen LogP contribution in [0.2, 0.25) is 0 Å². The van der Waals surface area contributed by atoms with Crippen molar-refractivity contribution in [2.75, 3.05) is 5.32 Å². The number of carbonyl (C=O) groups excluding carboxylic acids is 1. The number of fused-ring (bicyclic) bond motifs is 1. The Balaban J connectivity index is 1.56. The smallest absolute Gasteiger partial charge is 0.255 e. The maximum atomic E-state index is 12.5. The summed E-state index contributed by atoms with van der Waals surface area (Å²) in [5, 5.41) is 2.90. The van der Waals surface area contributed by atoms with Gasteiger partial charge < -0.3 is 10.3 Å². The van der Waals surface area contributed by atoms with Gasteiger partial charge in [-0.05, 0) is 54.1 Å². The number of aromatic nitrogens is 2. The fourth-order valence-electron chi connectivity index (χ4n) is 2.85. The summed E-state index contributed by atoms with van der Waals surface area (Å²) in [6.07, 6.45) is 0.691. The van der Waals surface area contributed by atoms with Gasteiger partial charge in [-0.25, -0.2) is 4.98 Å². The highest BCUT2D eigenvalue weighted by atomic mass is 79.9. The van der Waals surface area contributed by atoms with Crippen molar-refractivity contribution in [3.8, 4) is 0 Å². The number of nitrogens with one attached hydrogen (secondary N) is 2. The third-order valence-electron chi connectivity index (χ3n) is 4.21. The van der Waals surface area contributed by atoms with E-state index in [9.17, 15) is 4.79 Å². The number of nitrogens with zero attached hydrogens (tertiary/aromatic N) is 1. The maximum Gasteiger partial charge on any atom is 0.255 e. The first-order valence-electron chi connectivity index (χ1n) is 8.37. The van der Waals surface area contributed by atoms with Crippen molar-refractivity contribution < 1.29 is 4.79 Å². The minimum atomic E-state index is -0.152. The fraction of sp³-hybridized carbons (Fsp3) is 0.0476. The number of hydrogen-bond donors (Lipinski definition) is 2. The summed E-state index contributed by atoms with van der Waals surface area (Å²) in [6.45, 7) is 0. The number of halogens is 2. The zero-order valence-electron chi connectivity index (χ0n) is 14.2. The van der Waals surface area contributed by atoms with Gasteiger partial charge in [0.1, 0.15) is 5.82 Å². The molecule has 27 heavy (non-hydrogen) atoms. The van der Waals surface area contributed by atoms with Gasteiger partial charge in [-0.3, -0.25) is 4.79 Å². The first-order chi connectivity index (χ1) is 13.1. The molecule has 1 aromatic heterocycles. The molecular formula is C21H15Br2N3O. The molecule has 0 radical (unpaired) electrons. The molecule has 6 heteroatoms. The molecule has 1 heterocycles. The number of H-pyrrole nitrogens is 1. The molecule has 1 amide bonds. The van der Waals surface area contributed by atoms with E-state index >= 15 is 0 Å². The Kier molecular flexibility index (Phi) is 5.09. The summed E-state index contributed by atoms with van der Waals surface area (Å²) in [5.74, 6) is 0.712. The van der Waals surface area contributed by atoms with E-state index in [1.54, 1.807) is 6.07 Å². The fourth-order valence-corrected chi connectivity index (χ4v) is 3.54. The molecule has 0 aliphatic heterocycles. The van der Waals surface area contributed by atoms with E-state index in [0.717, 1.165) is 37.1 Å². The highest BCUT2D eigenvalue weighted by Crippen LogP contribution is 2.21. The summed E-state index contributed by atoms with van der Waals surface area (Å²) < 4.78 is 2.02. The molecule has 0 aliphatic carbocycles. The van der Waals surface area contributed by atoms with Crippen molar-refractivity contribution in [2.24, 2.45) is 0 Å². The van der Waals surface area contributed by atoms with Crippen molar-refractivity contribution in [3.05, 3.63) is 92.6 Å². The highest BCUT2D eigenvalue weighted by Gasteiger charge is 2.10. The first kappa shape index (κ1) is 17.9. The summed E-state index contributed by atoms with van der Waals surface area (Å²) in [7, 11) is 0. The molecule has 0 atom stereocenters. The summed E-state index contributed by atoms with van der Waals surface area (Å²) in [6, 6.07) is 21.1. The predicted molar refractivity (Wildman–Crippen MR) is 115 cm³/mol. The molecule has 3 aromatic carbocycles. The van der Waals surface area contributed by atoms with E-state index in [-0.39, 0.29) is 5.91 Å². The van der Waals surface area contributed by atoms with Gasteiger partial charge in [0.05, 0.1) is 11.0 Å². The zero-order valence-corrected chi connectivity index (χ0v) is 17.3. The Labute approximate surface area is 173 Å². The van der Waals surface area contributed by atoms with Crippen LogP contribution in [0.5, 0.6) is 0 Å². The Morgan fingerprint density at radius 3 is 2.56 bits per heavy atom. The average molecular weight is 485 g/mol. The maximum absolute atomic E-state index is 12.5. The lowest BCUT2D eigenvalue weighted by Crippen LogP contribution is -2.11. The van der Waals surface area contributed by atoms with Crippen LogP contribution >= 0.6 is 31.9 Å². The summed E-state index contributed by atoms with van der Waals surface area (Å²) in [4.78, 5) is 20.5. The van der Waals surface area contributed by atoms with Gasteiger partial charge in [-0.15, -0.1) is 0 Å². The minimum absolute atomic E-state index is 0.152. The van der Waals surface area contributed by atoms with Gasteiger partial charge in [0.15, 0.2) is 0 Å². The van der Waals surface area contributed by atoms with Gasteiger partial charge in [-0.1, -0.05) is 50.1 Å². The second kappa shape index (κ2) is 7.66. The van der Waals surface area contributed by atoms with Crippen LogP contribution in [0.15, 0.2) is 75.7 Å². The monoisotopic (exact) mass is 483 g/mol. The van der Waals surface area contributed by atoms with Crippen LogP contribution < -0.4 is 5.32 Å². The van der Waals surface area contributed by atoms with Crippen LogP contribution in [0.4, 0.5) is 5.69 Å². The summed E-state index contributed by atoms with van der Waals surface area (Å²) >= 11 is 6.95. The number of rotatable bonds is 4. The highest BCUT2D eigenvalue weighted by molar-refractivity contribution is 9.10. The number of hydrogen-bond acceptors (Lipinski definition) is 2. The molecule has 0 saturated heterocycles. The molecule has 0 spiro atoms. The molecule has 0 saturated carbocycles. The molecule has 0 fully saturated rings. The summed E-state index contributed by atoms with van der Waals surface area (Å²) in [5.41, 5.74) is 4.19. The van der Waals surface area contributed by atoms with E-state index in [4.69, 9.17) is 0 Å². The van der Waals surface area contributed by atoms with Crippen LogP contribution in [-0.2, 0) is 6.42 Å². The molecule has 4 rings (SSSR count). The molecule has 2 N–H and O–H groups in total. The standard InChI is InChI=1S/C21H15Br2N3O/c22-15-6-8-16(9-7-15)24-21(27)14-5-10-18-19(11-14)26-20(25-18)12-13-3-1-2-4-17(13)23/h1-11H,12H2,(H,24,27)(H,25,26). The van der Waals surface area contributed by atoms with Crippen molar-refractivity contribution >= 4 is 54.5 Å². The van der Waals surface area contributed by atoms with Crippen LogP contribution in [0.1, 0.15) is 21.7 Å². The van der Waals surface area contributed by atoms with Crippen LogP contribution in [-0.4, -0.2) is 15.9 Å². The SMILES string of the molecule is O=C(Nc1ccc(Br)cc1)c1ccc2nc(Cc3ccccc3Br)[nH]c2c1. The van der Waals surface area contributed by atoms with Crippen molar-refractivity contribution in [3.63, 3.8) is 0 Å². The first-order valence-corrected chi connectivity index (χ1v) is 9.96. The second-order valence-corrected chi connectivity index (χ2v) is 7.91. The van der Waals surface area contributed by atoms with E-state index in [0.29, 0.717) is 12.0 Å². The third kappa shape index (κ3) is 4.12. The normalized spacial score (nSPS) is 10.9. The topological polar surface area (TPSA) is 57.8 Å². The molecule has 4 nitrogen and oxygen atoms in total. The number of aromatic amines is 1. The molecule has 134 valence electrons. The van der Waals surface area contributed by atoms with Crippen LogP contribution in [0, 0.1) is 0 Å². The Morgan fingerprint density at radius 2 is 1.78 bits per heavy atom. The molecular weight excluding hydrogens is 470 g/mol. The lowest BCUT2D eigenvalue weighted by molar-refractivity contribution is 0.102. The zero-order chi connectivity index (χ0) is 18.8. The van der Waals surface area contributed by atoms with E-state index in [1.807, 2.05) is 54.6 Å². The van der Waals surface area contributed by atoms with Gasteiger partial charge in [0.2, 0.25) is 0 Å². The predicted octanol–water partition coefficient (Wildman–Crippen LogP) is 5.93. The van der Waals surface area contributed by atoms with E-state index in [1.165, 1.54) is 0 Å². The van der Waals surface area contributed by atoms with Crippen molar-refractivity contribution in [1.29, 1.82) is 0 Å². The lowest BCUT2D eigenvalue weighted by atomic mass is 10.1. The van der Waals surface area contributed by atoms with Gasteiger partial charge in [0.25, 0.3) is 5.91 Å². The average Bonchev–Trinajstić information content (AvgIpc) is 3.07.